The van der Waals surface area contributed by atoms with Crippen LogP contribution in [-0.4, -0.2) is 31.9 Å². The van der Waals surface area contributed by atoms with Crippen molar-refractivity contribution in [2.24, 2.45) is 11.7 Å². The van der Waals surface area contributed by atoms with Gasteiger partial charge in [0.05, 0.1) is 12.2 Å². The number of hydrogen-bond donors (Lipinski definition) is 3. The molecule has 0 aromatic heterocycles. The van der Waals surface area contributed by atoms with E-state index in [0.29, 0.717) is 5.92 Å². The summed E-state index contributed by atoms with van der Waals surface area (Å²) in [7, 11) is 0. The zero-order chi connectivity index (χ0) is 12.5. The standard InChI is InChI=1S/C13H24INO2/c14-13(6-2-1-3-7-13)8-10(15)12(17)11(16)9-4-5-9/h9-12,16-17H,1-8,15H2/t10-,11-,12+/m0/s1. The summed E-state index contributed by atoms with van der Waals surface area (Å²) in [5.74, 6) is 0.299. The van der Waals surface area contributed by atoms with Gasteiger partial charge in [0, 0.05) is 9.46 Å². The fourth-order valence-corrected chi connectivity index (χ4v) is 4.17. The summed E-state index contributed by atoms with van der Waals surface area (Å²) in [6.45, 7) is 0. The van der Waals surface area contributed by atoms with E-state index < -0.39 is 12.2 Å². The predicted octanol–water partition coefficient (Wildman–Crippen LogP) is 1.97. The molecule has 4 N–H and O–H groups in total. The van der Waals surface area contributed by atoms with Gasteiger partial charge in [-0.05, 0) is 38.0 Å². The first kappa shape index (κ1) is 14.0. The lowest BCUT2D eigenvalue weighted by Gasteiger charge is -2.36. The van der Waals surface area contributed by atoms with Crippen molar-refractivity contribution >= 4 is 22.6 Å². The van der Waals surface area contributed by atoms with Crippen LogP contribution in [0.2, 0.25) is 0 Å². The Morgan fingerprint density at radius 2 is 1.76 bits per heavy atom. The van der Waals surface area contributed by atoms with Crippen molar-refractivity contribution in [2.45, 2.75) is 73.0 Å². The minimum Gasteiger partial charge on any atom is -0.390 e. The van der Waals surface area contributed by atoms with E-state index in [0.717, 1.165) is 19.3 Å². The summed E-state index contributed by atoms with van der Waals surface area (Å²) < 4.78 is 0.250. The molecule has 0 bridgehead atoms. The summed E-state index contributed by atoms with van der Waals surface area (Å²) in [6.07, 6.45) is 7.85. The van der Waals surface area contributed by atoms with Crippen molar-refractivity contribution in [1.29, 1.82) is 0 Å². The van der Waals surface area contributed by atoms with Crippen molar-refractivity contribution < 1.29 is 10.2 Å². The Bertz CT molecular complexity index is 252. The lowest BCUT2D eigenvalue weighted by atomic mass is 9.83. The van der Waals surface area contributed by atoms with Gasteiger partial charge >= 0.3 is 0 Å². The monoisotopic (exact) mass is 353 g/mol. The van der Waals surface area contributed by atoms with Crippen LogP contribution >= 0.6 is 22.6 Å². The molecule has 0 unspecified atom stereocenters. The van der Waals surface area contributed by atoms with E-state index in [2.05, 4.69) is 22.6 Å². The highest BCUT2D eigenvalue weighted by molar-refractivity contribution is 14.1. The molecular weight excluding hydrogens is 329 g/mol. The smallest absolute Gasteiger partial charge is 0.0952 e. The van der Waals surface area contributed by atoms with Crippen LogP contribution in [0.3, 0.4) is 0 Å². The van der Waals surface area contributed by atoms with Gasteiger partial charge in [-0.25, -0.2) is 0 Å². The Kier molecular flexibility index (Phi) is 4.72. The fraction of sp³-hybridized carbons (Fsp3) is 1.00. The number of aliphatic hydroxyl groups excluding tert-OH is 2. The van der Waals surface area contributed by atoms with Crippen LogP contribution in [0.1, 0.15) is 51.4 Å². The minimum absolute atomic E-state index is 0.250. The highest BCUT2D eigenvalue weighted by Crippen LogP contribution is 2.41. The quantitative estimate of drug-likeness (QED) is 0.523. The Labute approximate surface area is 117 Å². The number of rotatable bonds is 5. The largest absolute Gasteiger partial charge is 0.390 e. The van der Waals surface area contributed by atoms with E-state index in [1.165, 1.54) is 32.1 Å². The predicted molar refractivity (Wildman–Crippen MR) is 77.2 cm³/mol. The first-order valence-corrected chi connectivity index (χ1v) is 7.90. The number of nitrogens with two attached hydrogens (primary N) is 1. The van der Waals surface area contributed by atoms with Gasteiger partial charge in [-0.1, -0.05) is 41.9 Å². The molecule has 0 spiro atoms. The number of aliphatic hydroxyl groups is 2. The van der Waals surface area contributed by atoms with Gasteiger partial charge in [0.15, 0.2) is 0 Å². The molecule has 2 aliphatic rings. The maximum atomic E-state index is 10.1. The van der Waals surface area contributed by atoms with Gasteiger partial charge in [0.2, 0.25) is 0 Å². The van der Waals surface area contributed by atoms with Crippen LogP contribution in [0.5, 0.6) is 0 Å². The van der Waals surface area contributed by atoms with Crippen LogP contribution in [0.4, 0.5) is 0 Å². The Balaban J connectivity index is 1.83. The van der Waals surface area contributed by atoms with Crippen LogP contribution in [0.25, 0.3) is 0 Å². The lowest BCUT2D eigenvalue weighted by molar-refractivity contribution is -0.0117. The van der Waals surface area contributed by atoms with Crippen LogP contribution in [-0.2, 0) is 0 Å². The van der Waals surface area contributed by atoms with Gasteiger partial charge in [-0.2, -0.15) is 0 Å². The third-order valence-electron chi connectivity index (χ3n) is 4.24. The second kappa shape index (κ2) is 5.72. The SMILES string of the molecule is N[C@@H](CC1(I)CCCCC1)[C@@H](O)[C@@H](O)C1CC1. The van der Waals surface area contributed by atoms with E-state index in [9.17, 15) is 10.2 Å². The average Bonchev–Trinajstić information content (AvgIpc) is 3.11. The highest BCUT2D eigenvalue weighted by atomic mass is 127. The number of hydrogen-bond acceptors (Lipinski definition) is 3. The highest BCUT2D eigenvalue weighted by Gasteiger charge is 2.39. The molecule has 0 aromatic rings. The normalized spacial score (nSPS) is 29.6. The molecule has 0 aromatic carbocycles. The van der Waals surface area contributed by atoms with E-state index in [1.54, 1.807) is 0 Å². The zero-order valence-corrected chi connectivity index (χ0v) is 12.5. The molecule has 0 heterocycles. The zero-order valence-electron chi connectivity index (χ0n) is 10.3. The molecule has 3 atom stereocenters. The molecule has 2 saturated carbocycles. The third-order valence-corrected chi connectivity index (χ3v) is 5.76. The molecular formula is C13H24INO2. The number of alkyl halides is 1. The topological polar surface area (TPSA) is 66.5 Å². The van der Waals surface area contributed by atoms with Crippen molar-refractivity contribution in [1.82, 2.24) is 0 Å². The van der Waals surface area contributed by atoms with Crippen LogP contribution in [0.15, 0.2) is 0 Å². The van der Waals surface area contributed by atoms with Gasteiger partial charge < -0.3 is 15.9 Å². The minimum atomic E-state index is -0.740. The fourth-order valence-electron chi connectivity index (χ4n) is 2.90. The first-order valence-electron chi connectivity index (χ1n) is 6.82. The van der Waals surface area contributed by atoms with Crippen LogP contribution in [0, 0.1) is 5.92 Å². The summed E-state index contributed by atoms with van der Waals surface area (Å²) in [5.41, 5.74) is 6.08. The average molecular weight is 353 g/mol. The molecule has 100 valence electrons. The van der Waals surface area contributed by atoms with Crippen molar-refractivity contribution in [3.63, 3.8) is 0 Å². The molecule has 4 heteroatoms. The molecule has 0 amide bonds. The lowest BCUT2D eigenvalue weighted by Crippen LogP contribution is -2.47. The summed E-state index contributed by atoms with van der Waals surface area (Å²) >= 11 is 2.52. The molecule has 0 aliphatic heterocycles. The second-order valence-electron chi connectivity index (χ2n) is 5.90. The molecule has 2 rings (SSSR count). The first-order chi connectivity index (χ1) is 8.02. The molecule has 0 radical (unpaired) electrons. The van der Waals surface area contributed by atoms with E-state index in [4.69, 9.17) is 5.73 Å². The Morgan fingerprint density at radius 1 is 1.18 bits per heavy atom. The van der Waals surface area contributed by atoms with Crippen molar-refractivity contribution in [3.05, 3.63) is 0 Å². The molecule has 2 fully saturated rings. The van der Waals surface area contributed by atoms with Crippen LogP contribution < -0.4 is 5.73 Å². The third kappa shape index (κ3) is 3.78. The van der Waals surface area contributed by atoms with Gasteiger partial charge in [0.25, 0.3) is 0 Å². The van der Waals surface area contributed by atoms with Crippen molar-refractivity contribution in [2.75, 3.05) is 0 Å². The van der Waals surface area contributed by atoms with Gasteiger partial charge in [0.1, 0.15) is 0 Å². The Hall–Kier alpha value is 0.610. The van der Waals surface area contributed by atoms with E-state index >= 15 is 0 Å². The second-order valence-corrected chi connectivity index (χ2v) is 8.19. The maximum absolute atomic E-state index is 10.1. The summed E-state index contributed by atoms with van der Waals surface area (Å²) in [4.78, 5) is 0. The van der Waals surface area contributed by atoms with E-state index in [-0.39, 0.29) is 9.46 Å². The summed E-state index contributed by atoms with van der Waals surface area (Å²) in [6, 6.07) is -0.277. The molecule has 3 nitrogen and oxygen atoms in total. The van der Waals surface area contributed by atoms with Gasteiger partial charge in [-0.3, -0.25) is 0 Å². The van der Waals surface area contributed by atoms with Gasteiger partial charge in [-0.15, -0.1) is 0 Å². The molecule has 2 aliphatic carbocycles. The number of halogens is 1. The Morgan fingerprint density at radius 3 is 2.29 bits per heavy atom. The molecule has 0 saturated heterocycles. The van der Waals surface area contributed by atoms with Crippen molar-refractivity contribution in [3.8, 4) is 0 Å². The maximum Gasteiger partial charge on any atom is 0.0952 e. The molecule has 17 heavy (non-hydrogen) atoms. The van der Waals surface area contributed by atoms with E-state index in [1.807, 2.05) is 0 Å². The summed E-state index contributed by atoms with van der Waals surface area (Å²) in [5, 5.41) is 20.0.